The number of alkyl halides is 3. The molecule has 3 aromatic carbocycles. The molecule has 10 heteroatoms. The first-order chi connectivity index (χ1) is 19.1. The van der Waals surface area contributed by atoms with Crippen molar-refractivity contribution < 1.29 is 32.0 Å². The van der Waals surface area contributed by atoms with Crippen LogP contribution in [0.25, 0.3) is 33.7 Å². The normalized spacial score (nSPS) is 14.2. The van der Waals surface area contributed by atoms with Crippen molar-refractivity contribution in [2.75, 3.05) is 19.6 Å². The van der Waals surface area contributed by atoms with E-state index in [0.717, 1.165) is 37.4 Å². The number of carbonyl (C=O) groups excluding carboxylic acids is 1. The van der Waals surface area contributed by atoms with Crippen molar-refractivity contribution >= 4 is 17.6 Å². The van der Waals surface area contributed by atoms with Gasteiger partial charge in [0.25, 0.3) is 0 Å². The second-order valence-corrected chi connectivity index (χ2v) is 10.0. The molecule has 0 aliphatic carbocycles. The molecule has 208 valence electrons. The number of aromatic nitrogens is 1. The quantitative estimate of drug-likeness (QED) is 0.161. The van der Waals surface area contributed by atoms with Crippen molar-refractivity contribution in [1.29, 1.82) is 0 Å². The molecule has 0 bridgehead atoms. The van der Waals surface area contributed by atoms with Crippen molar-refractivity contribution in [3.05, 3.63) is 77.3 Å². The maximum atomic E-state index is 12.7. The van der Waals surface area contributed by atoms with Crippen molar-refractivity contribution in [2.45, 2.75) is 32.5 Å². The zero-order chi connectivity index (χ0) is 28.4. The van der Waals surface area contributed by atoms with Crippen molar-refractivity contribution in [1.82, 2.24) is 10.1 Å². The molecule has 40 heavy (non-hydrogen) atoms. The largest absolute Gasteiger partial charge is 0.491 e. The maximum absolute atomic E-state index is 12.7. The molecule has 4 aromatic rings. The van der Waals surface area contributed by atoms with Crippen LogP contribution in [0, 0.1) is 6.92 Å². The first-order valence-corrected chi connectivity index (χ1v) is 13.2. The lowest BCUT2D eigenvalue weighted by molar-refractivity contribution is -0.189. The Labute approximate surface area is 234 Å². The highest BCUT2D eigenvalue weighted by molar-refractivity contribution is 6.33. The number of esters is 1. The van der Waals surface area contributed by atoms with E-state index in [-0.39, 0.29) is 11.9 Å². The molecule has 0 spiro atoms. The van der Waals surface area contributed by atoms with E-state index in [1.165, 1.54) is 12.1 Å². The average Bonchev–Trinajstić information content (AvgIpc) is 3.33. The van der Waals surface area contributed by atoms with Gasteiger partial charge in [-0.15, -0.1) is 0 Å². The molecule has 0 amide bonds. The van der Waals surface area contributed by atoms with Crippen LogP contribution in [0.15, 0.2) is 71.3 Å². The fraction of sp³-hybridized carbons (Fsp3) is 0.267. The van der Waals surface area contributed by atoms with Crippen molar-refractivity contribution in [2.24, 2.45) is 0 Å². The van der Waals surface area contributed by atoms with Gasteiger partial charge in [-0.1, -0.05) is 54.0 Å². The van der Waals surface area contributed by atoms with E-state index < -0.39 is 12.1 Å². The molecule has 1 fully saturated rings. The van der Waals surface area contributed by atoms with E-state index in [1.807, 2.05) is 42.5 Å². The highest BCUT2D eigenvalue weighted by Gasteiger charge is 2.41. The van der Waals surface area contributed by atoms with E-state index in [0.29, 0.717) is 38.7 Å². The van der Waals surface area contributed by atoms with Crippen molar-refractivity contribution in [3.63, 3.8) is 0 Å². The van der Waals surface area contributed by atoms with Crippen LogP contribution in [-0.2, 0) is 4.79 Å². The molecule has 0 saturated carbocycles. The molecule has 0 N–H and O–H groups in total. The molecule has 1 aromatic heterocycles. The highest BCUT2D eigenvalue weighted by Crippen LogP contribution is 2.43. The Morgan fingerprint density at radius 3 is 2.42 bits per heavy atom. The van der Waals surface area contributed by atoms with Crippen LogP contribution < -0.4 is 9.47 Å². The first-order valence-electron chi connectivity index (χ1n) is 12.8. The van der Waals surface area contributed by atoms with Crippen LogP contribution in [0.1, 0.15) is 18.9 Å². The van der Waals surface area contributed by atoms with E-state index in [4.69, 9.17) is 20.9 Å². The van der Waals surface area contributed by atoms with Crippen molar-refractivity contribution in [3.8, 4) is 45.2 Å². The summed E-state index contributed by atoms with van der Waals surface area (Å²) in [5.41, 5.74) is 3.46. The molecule has 0 radical (unpaired) electrons. The number of aryl methyl sites for hydroxylation is 1. The molecule has 1 saturated heterocycles. The van der Waals surface area contributed by atoms with Gasteiger partial charge < -0.3 is 14.0 Å². The van der Waals surface area contributed by atoms with Crippen LogP contribution >= 0.6 is 11.6 Å². The monoisotopic (exact) mass is 570 g/mol. The molecule has 1 aliphatic rings. The summed E-state index contributed by atoms with van der Waals surface area (Å²) in [6.45, 7) is 6.55. The van der Waals surface area contributed by atoms with E-state index >= 15 is 0 Å². The minimum Gasteiger partial charge on any atom is -0.488 e. The van der Waals surface area contributed by atoms with Gasteiger partial charge in [-0.2, -0.15) is 13.2 Å². The van der Waals surface area contributed by atoms with E-state index in [2.05, 4.69) is 21.7 Å². The number of hydrogen-bond donors (Lipinski definition) is 0. The summed E-state index contributed by atoms with van der Waals surface area (Å²) in [6, 6.07) is 19.2. The number of rotatable bonds is 8. The van der Waals surface area contributed by atoms with Crippen LogP contribution in [0.4, 0.5) is 13.2 Å². The number of benzene rings is 3. The third-order valence-electron chi connectivity index (χ3n) is 6.60. The molecule has 0 atom stereocenters. The summed E-state index contributed by atoms with van der Waals surface area (Å²) in [5, 5.41) is 4.80. The average molecular weight is 571 g/mol. The minimum absolute atomic E-state index is 0.148. The Hall–Kier alpha value is -3.82. The zero-order valence-corrected chi connectivity index (χ0v) is 22.6. The maximum Gasteiger partial charge on any atom is 0.491 e. The first kappa shape index (κ1) is 27.7. The molecule has 6 nitrogen and oxygen atoms in total. The molecule has 2 heterocycles. The topological polar surface area (TPSA) is 64.8 Å². The fourth-order valence-corrected chi connectivity index (χ4v) is 4.87. The van der Waals surface area contributed by atoms with E-state index in [9.17, 15) is 18.0 Å². The number of carbonyl (C=O) groups is 1. The second-order valence-electron chi connectivity index (χ2n) is 9.61. The summed E-state index contributed by atoms with van der Waals surface area (Å²) in [7, 11) is 0. The Morgan fingerprint density at radius 1 is 1.07 bits per heavy atom. The number of nitrogens with zero attached hydrogens (tertiary/aromatic N) is 2. The van der Waals surface area contributed by atoms with E-state index in [1.54, 1.807) is 19.1 Å². The number of likely N-dealkylation sites (tertiary alicyclic amines) is 1. The molecule has 1 aliphatic heterocycles. The van der Waals surface area contributed by atoms with Crippen LogP contribution in [0.3, 0.4) is 0 Å². The Kier molecular flexibility index (Phi) is 7.87. The summed E-state index contributed by atoms with van der Waals surface area (Å²) in [6.07, 6.45) is -3.84. The molecule has 5 rings (SSSR count). The highest BCUT2D eigenvalue weighted by atomic mass is 35.5. The SMILES string of the molecule is CCCN1CC(Oc2ccc(-c3c(-c4ccccc4Cl)noc3-c3ccc(OC(=O)C(F)(F)F)c(C)c3)cc2)C1. The zero-order valence-electron chi connectivity index (χ0n) is 21.8. The lowest BCUT2D eigenvalue weighted by Gasteiger charge is -2.38. The summed E-state index contributed by atoms with van der Waals surface area (Å²) >= 11 is 6.50. The minimum atomic E-state index is -5.10. The number of ether oxygens (including phenoxy) is 2. The van der Waals surface area contributed by atoms with Gasteiger partial charge in [-0.25, -0.2) is 4.79 Å². The second kappa shape index (κ2) is 11.3. The van der Waals surface area contributed by atoms with Gasteiger partial charge in [0.2, 0.25) is 0 Å². The third-order valence-corrected chi connectivity index (χ3v) is 6.93. The standard InChI is InChI=1S/C30H26ClF3N2O4/c1-3-14-36-16-22(17-36)38-21-11-8-19(9-12-21)26-27(23-6-4-5-7-24(23)31)35-40-28(26)20-10-13-25(18(2)15-20)39-29(37)30(32,33)34/h4-13,15,22H,3,14,16-17H2,1-2H3. The Morgan fingerprint density at radius 2 is 1.77 bits per heavy atom. The molecule has 0 unspecified atom stereocenters. The Balaban J connectivity index is 1.48. The smallest absolute Gasteiger partial charge is 0.488 e. The van der Waals surface area contributed by atoms with Crippen LogP contribution in [-0.4, -0.2) is 47.9 Å². The van der Waals surface area contributed by atoms with Gasteiger partial charge in [-0.05, 0) is 67.4 Å². The van der Waals surface area contributed by atoms with Gasteiger partial charge in [-0.3, -0.25) is 4.90 Å². The number of hydrogen-bond acceptors (Lipinski definition) is 6. The fourth-order valence-electron chi connectivity index (χ4n) is 4.64. The molecular formula is C30H26ClF3N2O4. The van der Waals surface area contributed by atoms with Gasteiger partial charge in [0.1, 0.15) is 23.3 Å². The van der Waals surface area contributed by atoms with Gasteiger partial charge in [0, 0.05) is 24.2 Å². The Bertz CT molecular complexity index is 1510. The predicted octanol–water partition coefficient (Wildman–Crippen LogP) is 7.58. The van der Waals surface area contributed by atoms with Crippen LogP contribution in [0.5, 0.6) is 11.5 Å². The van der Waals surface area contributed by atoms with Gasteiger partial charge in [0.15, 0.2) is 5.76 Å². The lowest BCUT2D eigenvalue weighted by Crippen LogP contribution is -2.53. The molecular weight excluding hydrogens is 545 g/mol. The lowest BCUT2D eigenvalue weighted by atomic mass is 9.95. The summed E-state index contributed by atoms with van der Waals surface area (Å²) < 4.78 is 54.5. The summed E-state index contributed by atoms with van der Waals surface area (Å²) in [4.78, 5) is 13.7. The van der Waals surface area contributed by atoms with Crippen LogP contribution in [0.2, 0.25) is 5.02 Å². The third kappa shape index (κ3) is 5.85. The van der Waals surface area contributed by atoms with Gasteiger partial charge in [0.05, 0.1) is 10.6 Å². The predicted molar refractivity (Wildman–Crippen MR) is 145 cm³/mol. The number of halogens is 4. The summed E-state index contributed by atoms with van der Waals surface area (Å²) in [5.74, 6) is -1.36. The van der Waals surface area contributed by atoms with Gasteiger partial charge >= 0.3 is 12.1 Å².